The van der Waals surface area contributed by atoms with E-state index in [0.29, 0.717) is 16.3 Å². The average molecular weight is 391 g/mol. The molecule has 0 aliphatic heterocycles. The third kappa shape index (κ3) is 5.20. The van der Waals surface area contributed by atoms with Crippen LogP contribution in [-0.2, 0) is 4.79 Å². The third-order valence-electron chi connectivity index (χ3n) is 4.02. The molecule has 0 aliphatic carbocycles. The van der Waals surface area contributed by atoms with Crippen molar-refractivity contribution in [2.75, 3.05) is 18.9 Å². The second-order valence-electron chi connectivity index (χ2n) is 6.35. The van der Waals surface area contributed by atoms with E-state index in [9.17, 15) is 9.59 Å². The smallest absolute Gasteiger partial charge is 0.256 e. The van der Waals surface area contributed by atoms with Crippen LogP contribution in [0, 0.1) is 6.92 Å². The zero-order valence-electron chi connectivity index (χ0n) is 15.8. The van der Waals surface area contributed by atoms with E-state index < -0.39 is 0 Å². The average Bonchev–Trinajstić information content (AvgIpc) is 2.70. The summed E-state index contributed by atoms with van der Waals surface area (Å²) in [5.74, 6) is -0.494. The highest BCUT2D eigenvalue weighted by atomic mass is 32.2. The molecule has 1 heterocycles. The predicted molar refractivity (Wildman–Crippen MR) is 112 cm³/mol. The molecule has 2 aromatic carbocycles. The third-order valence-corrected chi connectivity index (χ3v) is 5.05. The number of aryl methyl sites for hydroxylation is 1. The summed E-state index contributed by atoms with van der Waals surface area (Å²) in [7, 11) is 1.61. The molecule has 0 unspecified atom stereocenters. The molecule has 0 atom stereocenters. The van der Waals surface area contributed by atoms with Gasteiger partial charge in [0.1, 0.15) is 5.03 Å². The van der Waals surface area contributed by atoms with Crippen LogP contribution in [-0.4, -0.2) is 35.3 Å². The summed E-state index contributed by atoms with van der Waals surface area (Å²) < 4.78 is 0. The highest BCUT2D eigenvalue weighted by Gasteiger charge is 2.19. The Labute approximate surface area is 168 Å². The summed E-state index contributed by atoms with van der Waals surface area (Å²) in [6.45, 7) is 1.94. The Morgan fingerprint density at radius 1 is 1.00 bits per heavy atom. The van der Waals surface area contributed by atoms with Gasteiger partial charge in [-0.3, -0.25) is 9.59 Å². The summed E-state index contributed by atoms with van der Waals surface area (Å²) in [5.41, 5.74) is 2.30. The molecule has 5 nitrogen and oxygen atoms in total. The number of pyridine rings is 1. The van der Waals surface area contributed by atoms with Crippen molar-refractivity contribution in [2.24, 2.45) is 0 Å². The minimum Gasteiger partial charge on any atom is -0.332 e. The molecule has 0 radical (unpaired) electrons. The van der Waals surface area contributed by atoms with Gasteiger partial charge in [-0.15, -0.1) is 0 Å². The molecule has 0 saturated carbocycles. The number of hydrogen-bond acceptors (Lipinski definition) is 4. The second kappa shape index (κ2) is 9.19. The van der Waals surface area contributed by atoms with Gasteiger partial charge in [0.25, 0.3) is 5.91 Å². The van der Waals surface area contributed by atoms with Crippen LogP contribution >= 0.6 is 11.8 Å². The van der Waals surface area contributed by atoms with Crippen LogP contribution in [0.3, 0.4) is 0 Å². The number of aromatic nitrogens is 1. The molecule has 0 spiro atoms. The minimum absolute atomic E-state index is 0.0446. The number of amides is 2. The summed E-state index contributed by atoms with van der Waals surface area (Å²) >= 11 is 1.42. The number of nitrogens with one attached hydrogen (secondary N) is 1. The van der Waals surface area contributed by atoms with E-state index in [-0.39, 0.29) is 18.4 Å². The molecule has 0 saturated heterocycles. The monoisotopic (exact) mass is 391 g/mol. The van der Waals surface area contributed by atoms with Gasteiger partial charge in [-0.25, -0.2) is 4.98 Å². The van der Waals surface area contributed by atoms with Crippen molar-refractivity contribution in [3.05, 3.63) is 84.1 Å². The van der Waals surface area contributed by atoms with Gasteiger partial charge in [-0.05, 0) is 43.3 Å². The van der Waals surface area contributed by atoms with E-state index in [1.165, 1.54) is 16.7 Å². The van der Waals surface area contributed by atoms with Crippen molar-refractivity contribution >= 4 is 29.3 Å². The fourth-order valence-electron chi connectivity index (χ4n) is 2.57. The molecule has 6 heteroatoms. The Morgan fingerprint density at radius 3 is 2.43 bits per heavy atom. The molecule has 0 fully saturated rings. The lowest BCUT2D eigenvalue weighted by molar-refractivity contribution is -0.116. The van der Waals surface area contributed by atoms with E-state index >= 15 is 0 Å². The largest absolute Gasteiger partial charge is 0.332 e. The Morgan fingerprint density at radius 2 is 1.71 bits per heavy atom. The number of hydrogen-bond donors (Lipinski definition) is 1. The maximum atomic E-state index is 12.9. The molecule has 2 amide bonds. The molecule has 28 heavy (non-hydrogen) atoms. The van der Waals surface area contributed by atoms with Gasteiger partial charge in [0, 0.05) is 23.8 Å². The normalized spacial score (nSPS) is 10.4. The maximum absolute atomic E-state index is 12.9. The van der Waals surface area contributed by atoms with Crippen LogP contribution in [0.1, 0.15) is 15.9 Å². The van der Waals surface area contributed by atoms with E-state index in [4.69, 9.17) is 0 Å². The summed E-state index contributed by atoms with van der Waals surface area (Å²) in [6.07, 6.45) is 1.66. The van der Waals surface area contributed by atoms with Gasteiger partial charge in [-0.2, -0.15) is 0 Å². The molecule has 1 aromatic heterocycles. The fraction of sp³-hybridized carbons (Fsp3) is 0.136. The quantitative estimate of drug-likeness (QED) is 0.682. The number of rotatable bonds is 6. The number of nitrogens with zero attached hydrogens (tertiary/aromatic N) is 2. The van der Waals surface area contributed by atoms with Gasteiger partial charge in [0.05, 0.1) is 12.1 Å². The van der Waals surface area contributed by atoms with Crippen molar-refractivity contribution in [3.63, 3.8) is 0 Å². The first-order chi connectivity index (χ1) is 13.5. The lowest BCUT2D eigenvalue weighted by Crippen LogP contribution is -2.35. The van der Waals surface area contributed by atoms with Crippen molar-refractivity contribution in [3.8, 4) is 0 Å². The van der Waals surface area contributed by atoms with Crippen LogP contribution in [0.25, 0.3) is 0 Å². The SMILES string of the molecule is Cc1ccc(NC(=O)CN(C)C(=O)c2cccnc2Sc2ccccc2)cc1. The van der Waals surface area contributed by atoms with Crippen LogP contribution in [0.4, 0.5) is 5.69 Å². The van der Waals surface area contributed by atoms with Gasteiger partial charge < -0.3 is 10.2 Å². The van der Waals surface area contributed by atoms with Gasteiger partial charge in [0.2, 0.25) is 5.91 Å². The highest BCUT2D eigenvalue weighted by Crippen LogP contribution is 2.28. The number of likely N-dealkylation sites (N-methyl/N-ethyl adjacent to an activating group) is 1. The molecular weight excluding hydrogens is 370 g/mol. The summed E-state index contributed by atoms with van der Waals surface area (Å²) in [5, 5.41) is 3.42. The fourth-order valence-corrected chi connectivity index (χ4v) is 3.46. The Balaban J connectivity index is 1.67. The first kappa shape index (κ1) is 19.6. The Kier molecular flexibility index (Phi) is 6.45. The van der Waals surface area contributed by atoms with E-state index in [2.05, 4.69) is 10.3 Å². The maximum Gasteiger partial charge on any atom is 0.256 e. The molecule has 0 bridgehead atoms. The van der Waals surface area contributed by atoms with E-state index in [1.54, 1.807) is 25.4 Å². The molecule has 142 valence electrons. The van der Waals surface area contributed by atoms with Crippen LogP contribution < -0.4 is 5.32 Å². The summed E-state index contributed by atoms with van der Waals surface area (Å²) in [4.78, 5) is 31.9. The first-order valence-corrected chi connectivity index (χ1v) is 9.64. The van der Waals surface area contributed by atoms with Crippen LogP contribution in [0.15, 0.2) is 82.8 Å². The lowest BCUT2D eigenvalue weighted by Gasteiger charge is -2.18. The molecule has 3 aromatic rings. The standard InChI is InChI=1S/C22H21N3O2S/c1-16-10-12-17(13-11-16)24-20(26)15-25(2)22(27)19-9-6-14-23-21(19)28-18-7-4-3-5-8-18/h3-14H,15H2,1-2H3,(H,24,26). The molecule has 3 rings (SSSR count). The zero-order chi connectivity index (χ0) is 19.9. The van der Waals surface area contributed by atoms with Gasteiger partial charge >= 0.3 is 0 Å². The molecule has 0 aliphatic rings. The van der Waals surface area contributed by atoms with Gasteiger partial charge in [0.15, 0.2) is 0 Å². The Bertz CT molecular complexity index is 959. The number of anilines is 1. The predicted octanol–water partition coefficient (Wildman–Crippen LogP) is 4.25. The van der Waals surface area contributed by atoms with Gasteiger partial charge in [-0.1, -0.05) is 47.7 Å². The zero-order valence-corrected chi connectivity index (χ0v) is 16.6. The van der Waals surface area contributed by atoms with Crippen molar-refractivity contribution in [1.29, 1.82) is 0 Å². The summed E-state index contributed by atoms with van der Waals surface area (Å²) in [6, 6.07) is 20.7. The van der Waals surface area contributed by atoms with Crippen LogP contribution in [0.2, 0.25) is 0 Å². The Hall–Kier alpha value is -3.12. The number of benzene rings is 2. The van der Waals surface area contributed by atoms with Crippen molar-refractivity contribution in [2.45, 2.75) is 16.8 Å². The van der Waals surface area contributed by atoms with Crippen molar-refractivity contribution in [1.82, 2.24) is 9.88 Å². The van der Waals surface area contributed by atoms with E-state index in [1.807, 2.05) is 61.5 Å². The van der Waals surface area contributed by atoms with E-state index in [0.717, 1.165) is 10.5 Å². The second-order valence-corrected chi connectivity index (χ2v) is 7.41. The van der Waals surface area contributed by atoms with Crippen molar-refractivity contribution < 1.29 is 9.59 Å². The highest BCUT2D eigenvalue weighted by molar-refractivity contribution is 7.99. The first-order valence-electron chi connectivity index (χ1n) is 8.83. The number of carbonyl (C=O) groups is 2. The molecule has 1 N–H and O–H groups in total. The lowest BCUT2D eigenvalue weighted by atomic mass is 10.2. The van der Waals surface area contributed by atoms with Crippen LogP contribution in [0.5, 0.6) is 0 Å². The minimum atomic E-state index is -0.249. The topological polar surface area (TPSA) is 62.3 Å². The number of carbonyl (C=O) groups excluding carboxylic acids is 2. The molecular formula is C22H21N3O2S.